The van der Waals surface area contributed by atoms with Crippen LogP contribution in [0.25, 0.3) is 0 Å². The lowest BCUT2D eigenvalue weighted by atomic mass is 10.0. The Labute approximate surface area is 150 Å². The van der Waals surface area contributed by atoms with E-state index in [1.807, 2.05) is 26.0 Å². The Morgan fingerprint density at radius 1 is 1.04 bits per heavy atom. The number of benzene rings is 1. The lowest BCUT2D eigenvalue weighted by Crippen LogP contribution is -2.28. The van der Waals surface area contributed by atoms with Crippen molar-refractivity contribution in [3.8, 4) is 0 Å². The van der Waals surface area contributed by atoms with Crippen molar-refractivity contribution in [2.75, 3.05) is 5.32 Å². The zero-order valence-electron chi connectivity index (χ0n) is 15.1. The summed E-state index contributed by atoms with van der Waals surface area (Å²) in [5.41, 5.74) is 1.51. The minimum atomic E-state index is -0.0516. The van der Waals surface area contributed by atoms with Crippen LogP contribution in [0.4, 0.5) is 5.69 Å². The van der Waals surface area contributed by atoms with E-state index in [4.69, 9.17) is 11.6 Å². The summed E-state index contributed by atoms with van der Waals surface area (Å²) in [7, 11) is 0. The molecule has 0 heterocycles. The highest BCUT2D eigenvalue weighted by atomic mass is 35.5. The van der Waals surface area contributed by atoms with E-state index in [2.05, 4.69) is 24.5 Å². The monoisotopic (exact) mass is 352 g/mol. The van der Waals surface area contributed by atoms with Crippen LogP contribution in [-0.2, 0) is 16.1 Å². The van der Waals surface area contributed by atoms with Crippen LogP contribution in [0.5, 0.6) is 0 Å². The molecule has 24 heavy (non-hydrogen) atoms. The lowest BCUT2D eigenvalue weighted by molar-refractivity contribution is -0.125. The Bertz CT molecular complexity index is 560. The summed E-state index contributed by atoms with van der Waals surface area (Å²) in [5, 5.41) is 6.32. The molecule has 1 aromatic carbocycles. The summed E-state index contributed by atoms with van der Waals surface area (Å²) in [6.07, 6.45) is 3.67. The van der Waals surface area contributed by atoms with E-state index in [-0.39, 0.29) is 23.7 Å². The van der Waals surface area contributed by atoms with Gasteiger partial charge in [0.05, 0.1) is 10.7 Å². The Balaban J connectivity index is 2.69. The molecule has 134 valence electrons. The smallest absolute Gasteiger partial charge is 0.227 e. The van der Waals surface area contributed by atoms with E-state index < -0.39 is 0 Å². The van der Waals surface area contributed by atoms with Crippen molar-refractivity contribution in [3.63, 3.8) is 0 Å². The van der Waals surface area contributed by atoms with Gasteiger partial charge in [-0.25, -0.2) is 0 Å². The van der Waals surface area contributed by atoms with Gasteiger partial charge in [0.2, 0.25) is 11.8 Å². The van der Waals surface area contributed by atoms with Crippen molar-refractivity contribution in [3.05, 3.63) is 28.8 Å². The number of nitrogens with one attached hydrogen (secondary N) is 2. The number of carbonyl (C=O) groups excluding carboxylic acids is 2. The molecule has 4 nitrogen and oxygen atoms in total. The first-order valence-corrected chi connectivity index (χ1v) is 9.13. The Kier molecular flexibility index (Phi) is 8.83. The van der Waals surface area contributed by atoms with Crippen LogP contribution in [0.15, 0.2) is 18.2 Å². The van der Waals surface area contributed by atoms with Gasteiger partial charge in [-0.15, -0.1) is 0 Å². The molecular weight excluding hydrogens is 324 g/mol. The minimum Gasteiger partial charge on any atom is -0.352 e. The first-order chi connectivity index (χ1) is 11.4. The Morgan fingerprint density at radius 2 is 1.62 bits per heavy atom. The van der Waals surface area contributed by atoms with Crippen molar-refractivity contribution in [2.24, 2.45) is 11.8 Å². The minimum absolute atomic E-state index is 0.0105. The summed E-state index contributed by atoms with van der Waals surface area (Å²) in [5.74, 6) is -0.0221. The van der Waals surface area contributed by atoms with Gasteiger partial charge in [0.25, 0.3) is 0 Å². The number of anilines is 1. The molecule has 0 aliphatic rings. The molecule has 2 N–H and O–H groups in total. The molecule has 2 unspecified atom stereocenters. The molecule has 0 aliphatic carbocycles. The fraction of sp³-hybridized carbons (Fsp3) is 0.579. The highest BCUT2D eigenvalue weighted by molar-refractivity contribution is 6.33. The molecule has 0 bridgehead atoms. The van der Waals surface area contributed by atoms with Crippen LogP contribution in [0.1, 0.15) is 58.9 Å². The van der Waals surface area contributed by atoms with Gasteiger partial charge in [-0.1, -0.05) is 58.2 Å². The van der Waals surface area contributed by atoms with Gasteiger partial charge < -0.3 is 10.6 Å². The molecule has 0 fully saturated rings. The molecule has 1 rings (SSSR count). The predicted molar refractivity (Wildman–Crippen MR) is 100 cm³/mol. The quantitative estimate of drug-likeness (QED) is 0.672. The van der Waals surface area contributed by atoms with Crippen LogP contribution in [0.2, 0.25) is 5.02 Å². The third kappa shape index (κ3) is 6.52. The molecule has 0 saturated heterocycles. The van der Waals surface area contributed by atoms with Gasteiger partial charge >= 0.3 is 0 Å². The predicted octanol–water partition coefficient (Wildman–Crippen LogP) is 4.77. The number of halogens is 1. The molecule has 0 radical (unpaired) electrons. The first-order valence-electron chi connectivity index (χ1n) is 8.76. The number of rotatable bonds is 9. The van der Waals surface area contributed by atoms with Gasteiger partial charge in [-0.2, -0.15) is 0 Å². The van der Waals surface area contributed by atoms with Crippen molar-refractivity contribution in [1.29, 1.82) is 0 Å². The van der Waals surface area contributed by atoms with E-state index in [1.165, 1.54) is 0 Å². The maximum absolute atomic E-state index is 12.2. The zero-order valence-corrected chi connectivity index (χ0v) is 15.9. The van der Waals surface area contributed by atoms with E-state index in [1.54, 1.807) is 6.07 Å². The average molecular weight is 353 g/mol. The van der Waals surface area contributed by atoms with Crippen molar-refractivity contribution in [2.45, 2.75) is 59.9 Å². The third-order valence-electron chi connectivity index (χ3n) is 4.09. The first kappa shape index (κ1) is 20.5. The molecule has 0 spiro atoms. The summed E-state index contributed by atoms with van der Waals surface area (Å²) in [4.78, 5) is 24.1. The second-order valence-corrected chi connectivity index (χ2v) is 6.81. The summed E-state index contributed by atoms with van der Waals surface area (Å²) in [6.45, 7) is 8.39. The molecular formula is C19H29ClN2O2. The SMILES string of the molecule is CCCC(C)C(=O)NCc1ccc(Cl)c(NC(=O)C(C)CCC)c1. The summed E-state index contributed by atoms with van der Waals surface area (Å²) >= 11 is 6.17. The van der Waals surface area contributed by atoms with Crippen LogP contribution < -0.4 is 10.6 Å². The highest BCUT2D eigenvalue weighted by Crippen LogP contribution is 2.24. The topological polar surface area (TPSA) is 58.2 Å². The maximum atomic E-state index is 12.2. The largest absolute Gasteiger partial charge is 0.352 e. The van der Waals surface area contributed by atoms with Crippen LogP contribution in [0.3, 0.4) is 0 Å². The molecule has 0 aliphatic heterocycles. The van der Waals surface area contributed by atoms with Gasteiger partial charge in [0, 0.05) is 18.4 Å². The van der Waals surface area contributed by atoms with E-state index in [0.29, 0.717) is 17.3 Å². The fourth-order valence-electron chi connectivity index (χ4n) is 2.53. The van der Waals surface area contributed by atoms with E-state index in [9.17, 15) is 9.59 Å². The molecule has 0 aromatic heterocycles. The molecule has 2 atom stereocenters. The van der Waals surface area contributed by atoms with Crippen LogP contribution in [0, 0.1) is 11.8 Å². The fourth-order valence-corrected chi connectivity index (χ4v) is 2.69. The van der Waals surface area contributed by atoms with Gasteiger partial charge in [-0.05, 0) is 30.5 Å². The Morgan fingerprint density at radius 3 is 2.21 bits per heavy atom. The summed E-state index contributed by atoms with van der Waals surface area (Å²) < 4.78 is 0. The average Bonchev–Trinajstić information content (AvgIpc) is 2.55. The van der Waals surface area contributed by atoms with E-state index >= 15 is 0 Å². The number of amides is 2. The van der Waals surface area contributed by atoms with Gasteiger partial charge in [-0.3, -0.25) is 9.59 Å². The zero-order chi connectivity index (χ0) is 18.1. The van der Waals surface area contributed by atoms with Crippen molar-refractivity contribution >= 4 is 29.1 Å². The third-order valence-corrected chi connectivity index (χ3v) is 4.42. The number of carbonyl (C=O) groups is 2. The van der Waals surface area contributed by atoms with Crippen molar-refractivity contribution in [1.82, 2.24) is 5.32 Å². The normalized spacial score (nSPS) is 13.2. The molecule has 0 saturated carbocycles. The number of hydrogen-bond donors (Lipinski definition) is 2. The van der Waals surface area contributed by atoms with Crippen molar-refractivity contribution < 1.29 is 9.59 Å². The molecule has 5 heteroatoms. The van der Waals surface area contributed by atoms with Gasteiger partial charge in [0.1, 0.15) is 0 Å². The van der Waals surface area contributed by atoms with Crippen LogP contribution in [-0.4, -0.2) is 11.8 Å². The molecule has 2 amide bonds. The van der Waals surface area contributed by atoms with Crippen LogP contribution >= 0.6 is 11.6 Å². The van der Waals surface area contributed by atoms with Gasteiger partial charge in [0.15, 0.2) is 0 Å². The highest BCUT2D eigenvalue weighted by Gasteiger charge is 2.14. The second-order valence-electron chi connectivity index (χ2n) is 6.40. The number of hydrogen-bond acceptors (Lipinski definition) is 2. The Hall–Kier alpha value is -1.55. The van der Waals surface area contributed by atoms with E-state index in [0.717, 1.165) is 31.2 Å². The maximum Gasteiger partial charge on any atom is 0.227 e. The molecule has 1 aromatic rings. The second kappa shape index (κ2) is 10.3. The summed E-state index contributed by atoms with van der Waals surface area (Å²) in [6, 6.07) is 5.43. The lowest BCUT2D eigenvalue weighted by Gasteiger charge is -2.14. The standard InChI is InChI=1S/C19H29ClN2O2/c1-5-7-13(3)18(23)21-12-15-9-10-16(20)17(11-15)22-19(24)14(4)8-6-2/h9-11,13-14H,5-8,12H2,1-4H3,(H,21,23)(H,22,24).